The number of carbonyl (C=O) groups excluding carboxylic acids is 1. The van der Waals surface area contributed by atoms with Gasteiger partial charge in [0.15, 0.2) is 5.96 Å². The van der Waals surface area contributed by atoms with Crippen LogP contribution in [0.5, 0.6) is 5.75 Å². The third-order valence-electron chi connectivity index (χ3n) is 4.59. The van der Waals surface area contributed by atoms with Crippen molar-refractivity contribution < 1.29 is 14.3 Å². The zero-order valence-electron chi connectivity index (χ0n) is 17.9. The lowest BCUT2D eigenvalue weighted by atomic mass is 10.3. The summed E-state index contributed by atoms with van der Waals surface area (Å²) in [7, 11) is 3.40. The van der Waals surface area contributed by atoms with Gasteiger partial charge in [0.1, 0.15) is 11.9 Å². The first-order chi connectivity index (χ1) is 14.0. The highest BCUT2D eigenvalue weighted by molar-refractivity contribution is 14.0. The maximum atomic E-state index is 11.9. The van der Waals surface area contributed by atoms with Crippen molar-refractivity contribution in [3.05, 3.63) is 29.3 Å². The second-order valence-electron chi connectivity index (χ2n) is 6.89. The van der Waals surface area contributed by atoms with E-state index in [1.165, 1.54) is 0 Å². The summed E-state index contributed by atoms with van der Waals surface area (Å²) in [6.45, 7) is 7.32. The van der Waals surface area contributed by atoms with E-state index in [-0.39, 0.29) is 36.0 Å². The molecule has 1 heterocycles. The van der Waals surface area contributed by atoms with Crippen LogP contribution in [0.4, 0.5) is 0 Å². The molecular formula is C20H33ClIN5O3. The van der Waals surface area contributed by atoms with Crippen molar-refractivity contribution in [3.63, 3.8) is 0 Å². The summed E-state index contributed by atoms with van der Waals surface area (Å²) in [5.41, 5.74) is 0. The second kappa shape index (κ2) is 14.7. The minimum atomic E-state index is -0.0660. The topological polar surface area (TPSA) is 78.4 Å². The standard InChI is InChI=1S/C20H32ClN5O3.HI/c1-16(29-18-7-5-4-6-17(18)21)14-24-20(22-2)26-11-9-25(10-12-26)15-19(27)23-8-13-28-3;/h4-7,16H,8-15H2,1-3H3,(H,22,24)(H,23,27);1H. The maximum Gasteiger partial charge on any atom is 0.234 e. The summed E-state index contributed by atoms with van der Waals surface area (Å²) < 4.78 is 10.8. The number of hydrogen-bond donors (Lipinski definition) is 2. The van der Waals surface area contributed by atoms with Gasteiger partial charge in [-0.05, 0) is 19.1 Å². The van der Waals surface area contributed by atoms with Crippen LogP contribution in [0.25, 0.3) is 0 Å². The third kappa shape index (κ3) is 9.23. The van der Waals surface area contributed by atoms with Crippen molar-refractivity contribution >= 4 is 47.4 Å². The van der Waals surface area contributed by atoms with E-state index in [0.29, 0.717) is 37.0 Å². The molecule has 2 rings (SSSR count). The van der Waals surface area contributed by atoms with E-state index in [2.05, 4.69) is 25.4 Å². The van der Waals surface area contributed by atoms with Crippen LogP contribution in [-0.4, -0.2) is 94.3 Å². The smallest absolute Gasteiger partial charge is 0.234 e. The number of ether oxygens (including phenoxy) is 2. The molecule has 0 aromatic heterocycles. The average molecular weight is 554 g/mol. The molecule has 0 spiro atoms. The lowest BCUT2D eigenvalue weighted by Crippen LogP contribution is -2.54. The zero-order valence-corrected chi connectivity index (χ0v) is 21.0. The largest absolute Gasteiger partial charge is 0.487 e. The van der Waals surface area contributed by atoms with Crippen LogP contribution in [0.1, 0.15) is 6.92 Å². The Morgan fingerprint density at radius 1 is 1.23 bits per heavy atom. The minimum absolute atomic E-state index is 0. The first kappa shape index (κ1) is 26.7. The molecule has 1 aliphatic rings. The van der Waals surface area contributed by atoms with Gasteiger partial charge in [-0.3, -0.25) is 14.7 Å². The Morgan fingerprint density at radius 2 is 1.93 bits per heavy atom. The molecule has 1 amide bonds. The minimum Gasteiger partial charge on any atom is -0.487 e. The Morgan fingerprint density at radius 3 is 2.57 bits per heavy atom. The predicted molar refractivity (Wildman–Crippen MR) is 131 cm³/mol. The molecule has 0 aliphatic carbocycles. The summed E-state index contributed by atoms with van der Waals surface area (Å²) >= 11 is 6.15. The number of amides is 1. The van der Waals surface area contributed by atoms with Gasteiger partial charge in [-0.2, -0.15) is 0 Å². The lowest BCUT2D eigenvalue weighted by molar-refractivity contribution is -0.122. The van der Waals surface area contributed by atoms with Crippen LogP contribution in [-0.2, 0) is 9.53 Å². The first-order valence-corrected chi connectivity index (χ1v) is 10.3. The van der Waals surface area contributed by atoms with Crippen molar-refractivity contribution in [2.24, 2.45) is 4.99 Å². The highest BCUT2D eigenvalue weighted by atomic mass is 127. The highest BCUT2D eigenvalue weighted by Gasteiger charge is 2.21. The number of rotatable bonds is 9. The zero-order chi connectivity index (χ0) is 21.1. The molecule has 0 radical (unpaired) electrons. The fourth-order valence-corrected chi connectivity index (χ4v) is 3.22. The molecule has 0 saturated carbocycles. The number of nitrogens with zero attached hydrogens (tertiary/aromatic N) is 3. The molecule has 1 aromatic rings. The molecule has 1 aliphatic heterocycles. The number of para-hydroxylation sites is 1. The first-order valence-electron chi connectivity index (χ1n) is 9.88. The van der Waals surface area contributed by atoms with E-state index in [1.54, 1.807) is 14.2 Å². The number of guanidine groups is 1. The van der Waals surface area contributed by atoms with Crippen molar-refractivity contribution in [2.75, 3.05) is 66.6 Å². The maximum absolute atomic E-state index is 11.9. The van der Waals surface area contributed by atoms with Gasteiger partial charge in [-0.15, -0.1) is 24.0 Å². The van der Waals surface area contributed by atoms with Crippen molar-refractivity contribution in [3.8, 4) is 5.75 Å². The quantitative estimate of drug-likeness (QED) is 0.210. The fraction of sp³-hybridized carbons (Fsp3) is 0.600. The normalized spacial score (nSPS) is 15.9. The highest BCUT2D eigenvalue weighted by Crippen LogP contribution is 2.24. The molecule has 10 heteroatoms. The molecule has 8 nitrogen and oxygen atoms in total. The van der Waals surface area contributed by atoms with E-state index >= 15 is 0 Å². The molecule has 170 valence electrons. The summed E-state index contributed by atoms with van der Waals surface area (Å²) in [5, 5.41) is 6.82. The van der Waals surface area contributed by atoms with E-state index in [1.807, 2.05) is 31.2 Å². The molecule has 0 bridgehead atoms. The van der Waals surface area contributed by atoms with Gasteiger partial charge >= 0.3 is 0 Å². The van der Waals surface area contributed by atoms with Gasteiger partial charge in [0.25, 0.3) is 0 Å². The fourth-order valence-electron chi connectivity index (χ4n) is 3.04. The van der Waals surface area contributed by atoms with Gasteiger partial charge in [-0.1, -0.05) is 23.7 Å². The number of benzene rings is 1. The van der Waals surface area contributed by atoms with E-state index in [0.717, 1.165) is 32.1 Å². The molecule has 1 atom stereocenters. The number of nitrogens with one attached hydrogen (secondary N) is 2. The Bertz CT molecular complexity index is 672. The van der Waals surface area contributed by atoms with Crippen LogP contribution >= 0.6 is 35.6 Å². The summed E-state index contributed by atoms with van der Waals surface area (Å²) in [6, 6.07) is 7.45. The molecule has 30 heavy (non-hydrogen) atoms. The van der Waals surface area contributed by atoms with Gasteiger partial charge in [0, 0.05) is 46.9 Å². The number of piperazine rings is 1. The number of carbonyl (C=O) groups is 1. The van der Waals surface area contributed by atoms with Gasteiger partial charge in [0.05, 0.1) is 24.7 Å². The van der Waals surface area contributed by atoms with Crippen LogP contribution in [0.3, 0.4) is 0 Å². The van der Waals surface area contributed by atoms with Crippen LogP contribution < -0.4 is 15.4 Å². The Balaban J connectivity index is 0.00000450. The summed E-state index contributed by atoms with van der Waals surface area (Å²) in [4.78, 5) is 20.7. The monoisotopic (exact) mass is 553 g/mol. The number of hydrogen-bond acceptors (Lipinski definition) is 5. The number of aliphatic imine (C=N–C) groups is 1. The number of methoxy groups -OCH3 is 1. The van der Waals surface area contributed by atoms with Crippen LogP contribution in [0.2, 0.25) is 5.02 Å². The Hall–Kier alpha value is -1.30. The third-order valence-corrected chi connectivity index (χ3v) is 4.90. The van der Waals surface area contributed by atoms with Gasteiger partial charge in [-0.25, -0.2) is 0 Å². The Kier molecular flexibility index (Phi) is 13.1. The molecule has 2 N–H and O–H groups in total. The predicted octanol–water partition coefficient (Wildman–Crippen LogP) is 1.68. The van der Waals surface area contributed by atoms with Crippen molar-refractivity contribution in [1.29, 1.82) is 0 Å². The average Bonchev–Trinajstić information content (AvgIpc) is 2.71. The number of halogens is 2. The van der Waals surface area contributed by atoms with Crippen molar-refractivity contribution in [2.45, 2.75) is 13.0 Å². The Labute approximate surface area is 201 Å². The molecular weight excluding hydrogens is 521 g/mol. The SMILES string of the molecule is CN=C(NCC(C)Oc1ccccc1Cl)N1CCN(CC(=O)NCCOC)CC1.I. The van der Waals surface area contributed by atoms with E-state index in [4.69, 9.17) is 21.1 Å². The summed E-state index contributed by atoms with van der Waals surface area (Å²) in [5.74, 6) is 1.54. The van der Waals surface area contributed by atoms with E-state index in [9.17, 15) is 4.79 Å². The van der Waals surface area contributed by atoms with Crippen molar-refractivity contribution in [1.82, 2.24) is 20.4 Å². The molecule has 1 aromatic carbocycles. The molecule has 1 saturated heterocycles. The van der Waals surface area contributed by atoms with E-state index < -0.39 is 0 Å². The van der Waals surface area contributed by atoms with Gasteiger partial charge in [0.2, 0.25) is 5.91 Å². The second-order valence-corrected chi connectivity index (χ2v) is 7.30. The lowest BCUT2D eigenvalue weighted by Gasteiger charge is -2.36. The molecule has 1 unspecified atom stereocenters. The molecule has 1 fully saturated rings. The summed E-state index contributed by atoms with van der Waals surface area (Å²) in [6.07, 6.45) is -0.0660. The van der Waals surface area contributed by atoms with Crippen LogP contribution in [0.15, 0.2) is 29.3 Å². The van der Waals surface area contributed by atoms with Crippen LogP contribution in [0, 0.1) is 0 Å². The van der Waals surface area contributed by atoms with Gasteiger partial charge < -0.3 is 25.0 Å².